The summed E-state index contributed by atoms with van der Waals surface area (Å²) in [4.78, 5) is 14.7. The number of carbonyl (C=O) groups is 1. The van der Waals surface area contributed by atoms with Gasteiger partial charge in [-0.3, -0.25) is 9.48 Å². The van der Waals surface area contributed by atoms with Crippen LogP contribution in [-0.2, 0) is 11.3 Å². The Kier molecular flexibility index (Phi) is 5.34. The molecule has 2 fully saturated rings. The van der Waals surface area contributed by atoms with Gasteiger partial charge in [0, 0.05) is 31.7 Å². The number of amides is 1. The number of nitrogens with one attached hydrogen (secondary N) is 1. The summed E-state index contributed by atoms with van der Waals surface area (Å²) in [6.45, 7) is 4.15. The second-order valence-electron chi connectivity index (χ2n) is 7.55. The van der Waals surface area contributed by atoms with Crippen LogP contribution in [0.4, 0.5) is 0 Å². The van der Waals surface area contributed by atoms with Crippen LogP contribution in [0.1, 0.15) is 48.8 Å². The Labute approximate surface area is 155 Å². The lowest BCUT2D eigenvalue weighted by atomic mass is 9.89. The normalized spacial score (nSPS) is 21.7. The topological polar surface area (TPSA) is 50.2 Å². The van der Waals surface area contributed by atoms with Crippen molar-refractivity contribution in [1.82, 2.24) is 20.0 Å². The molecule has 2 aliphatic rings. The summed E-state index contributed by atoms with van der Waals surface area (Å²) < 4.78 is 1.82. The first kappa shape index (κ1) is 17.3. The minimum atomic E-state index is 0.188. The molecule has 2 aromatic rings. The molecule has 1 amide bonds. The molecule has 1 N–H and O–H groups in total. The zero-order chi connectivity index (χ0) is 17.8. The second-order valence-corrected chi connectivity index (χ2v) is 7.55. The first-order chi connectivity index (χ1) is 12.8. The molecule has 2 saturated heterocycles. The van der Waals surface area contributed by atoms with Crippen LogP contribution >= 0.6 is 0 Å². The van der Waals surface area contributed by atoms with Gasteiger partial charge >= 0.3 is 0 Å². The van der Waals surface area contributed by atoms with Gasteiger partial charge in [0.2, 0.25) is 5.91 Å². The van der Waals surface area contributed by atoms with E-state index in [0.29, 0.717) is 18.4 Å². The molecule has 0 aliphatic carbocycles. The van der Waals surface area contributed by atoms with Crippen LogP contribution in [0.15, 0.2) is 42.6 Å². The fraction of sp³-hybridized carbons (Fsp3) is 0.524. The van der Waals surface area contributed by atoms with Gasteiger partial charge in [0.15, 0.2) is 0 Å². The smallest absolute Gasteiger partial charge is 0.244 e. The van der Waals surface area contributed by atoms with Gasteiger partial charge in [-0.2, -0.15) is 5.10 Å². The van der Waals surface area contributed by atoms with Crippen LogP contribution in [-0.4, -0.2) is 46.8 Å². The fourth-order valence-corrected chi connectivity index (χ4v) is 4.21. The van der Waals surface area contributed by atoms with E-state index in [2.05, 4.69) is 46.8 Å². The van der Waals surface area contributed by atoms with Gasteiger partial charge in [-0.1, -0.05) is 30.3 Å². The number of piperidine rings is 2. The highest BCUT2D eigenvalue weighted by molar-refractivity contribution is 5.76. The molecule has 26 heavy (non-hydrogen) atoms. The zero-order valence-electron chi connectivity index (χ0n) is 15.3. The Balaban J connectivity index is 1.30. The van der Waals surface area contributed by atoms with Gasteiger partial charge in [0.1, 0.15) is 6.54 Å². The second kappa shape index (κ2) is 8.04. The molecule has 1 aromatic carbocycles. The average molecular weight is 352 g/mol. The maximum Gasteiger partial charge on any atom is 0.244 e. The highest BCUT2D eigenvalue weighted by atomic mass is 16.2. The number of hydrogen-bond acceptors (Lipinski definition) is 3. The molecule has 0 saturated carbocycles. The third-order valence-corrected chi connectivity index (χ3v) is 5.79. The molecule has 1 aromatic heterocycles. The summed E-state index contributed by atoms with van der Waals surface area (Å²) in [6, 6.07) is 12.7. The van der Waals surface area contributed by atoms with Gasteiger partial charge < -0.3 is 10.2 Å². The molecular formula is C21H28N4O. The van der Waals surface area contributed by atoms with Crippen molar-refractivity contribution in [1.29, 1.82) is 0 Å². The molecule has 3 heterocycles. The van der Waals surface area contributed by atoms with Gasteiger partial charge in [-0.25, -0.2) is 0 Å². The lowest BCUT2D eigenvalue weighted by Gasteiger charge is -2.32. The first-order valence-corrected chi connectivity index (χ1v) is 9.86. The van der Waals surface area contributed by atoms with Crippen molar-refractivity contribution < 1.29 is 4.79 Å². The summed E-state index contributed by atoms with van der Waals surface area (Å²) in [6.07, 6.45) is 6.44. The molecule has 5 heteroatoms. The Morgan fingerprint density at radius 2 is 1.88 bits per heavy atom. The minimum Gasteiger partial charge on any atom is -0.341 e. The number of aromatic nitrogens is 2. The average Bonchev–Trinajstić information content (AvgIpc) is 3.18. The van der Waals surface area contributed by atoms with Crippen molar-refractivity contribution in [3.05, 3.63) is 53.9 Å². The number of hydrogen-bond donors (Lipinski definition) is 1. The van der Waals surface area contributed by atoms with Crippen molar-refractivity contribution in [2.75, 3.05) is 26.2 Å². The van der Waals surface area contributed by atoms with E-state index in [0.717, 1.165) is 44.7 Å². The Morgan fingerprint density at radius 3 is 2.62 bits per heavy atom. The molecule has 1 atom stereocenters. The highest BCUT2D eigenvalue weighted by Gasteiger charge is 2.24. The molecule has 5 nitrogen and oxygen atoms in total. The summed E-state index contributed by atoms with van der Waals surface area (Å²) >= 11 is 0. The molecule has 2 aliphatic heterocycles. The Hall–Kier alpha value is -2.14. The lowest BCUT2D eigenvalue weighted by Crippen LogP contribution is -2.39. The fourth-order valence-electron chi connectivity index (χ4n) is 4.21. The quantitative estimate of drug-likeness (QED) is 0.920. The predicted octanol–water partition coefficient (Wildman–Crippen LogP) is 2.76. The summed E-state index contributed by atoms with van der Waals surface area (Å²) in [5.74, 6) is 1.25. The largest absolute Gasteiger partial charge is 0.341 e. The molecular weight excluding hydrogens is 324 g/mol. The van der Waals surface area contributed by atoms with Crippen LogP contribution in [0.3, 0.4) is 0 Å². The SMILES string of the molecule is O=C(Cn1ccc([C@@H]2CCCNC2)n1)N1CCC(c2ccccc2)CC1. The zero-order valence-corrected chi connectivity index (χ0v) is 15.3. The number of likely N-dealkylation sites (tertiary alicyclic amines) is 1. The Bertz CT molecular complexity index is 713. The van der Waals surface area contributed by atoms with E-state index in [9.17, 15) is 4.79 Å². The standard InChI is InChI=1S/C21H28N4O/c26-21(16-25-14-10-20(23-25)19-7-4-11-22-15-19)24-12-8-18(9-13-24)17-5-2-1-3-6-17/h1-3,5-6,10,14,18-19,22H,4,7-9,11-13,15-16H2/t19-/m1/s1. The third-order valence-electron chi connectivity index (χ3n) is 5.79. The number of rotatable bonds is 4. The van der Waals surface area contributed by atoms with E-state index in [-0.39, 0.29) is 5.91 Å². The summed E-state index contributed by atoms with van der Waals surface area (Å²) in [5.41, 5.74) is 2.52. The van der Waals surface area contributed by atoms with E-state index in [1.54, 1.807) is 0 Å². The van der Waals surface area contributed by atoms with Crippen LogP contribution in [0.25, 0.3) is 0 Å². The van der Waals surface area contributed by atoms with Crippen molar-refractivity contribution in [2.24, 2.45) is 0 Å². The van der Waals surface area contributed by atoms with Gasteiger partial charge in [0.05, 0.1) is 5.69 Å². The maximum atomic E-state index is 12.6. The Morgan fingerprint density at radius 1 is 1.08 bits per heavy atom. The molecule has 0 bridgehead atoms. The predicted molar refractivity (Wildman–Crippen MR) is 102 cm³/mol. The van der Waals surface area contributed by atoms with E-state index in [1.807, 2.05) is 15.8 Å². The molecule has 138 valence electrons. The number of nitrogens with zero attached hydrogens (tertiary/aromatic N) is 3. The number of carbonyl (C=O) groups excluding carboxylic acids is 1. The van der Waals surface area contributed by atoms with E-state index in [4.69, 9.17) is 0 Å². The van der Waals surface area contributed by atoms with Crippen LogP contribution in [0.2, 0.25) is 0 Å². The van der Waals surface area contributed by atoms with Gasteiger partial charge in [-0.15, -0.1) is 0 Å². The monoisotopic (exact) mass is 352 g/mol. The van der Waals surface area contributed by atoms with Crippen molar-refractivity contribution in [3.63, 3.8) is 0 Å². The lowest BCUT2D eigenvalue weighted by molar-refractivity contribution is -0.133. The summed E-state index contributed by atoms with van der Waals surface area (Å²) in [5, 5.41) is 8.09. The first-order valence-electron chi connectivity index (χ1n) is 9.86. The van der Waals surface area contributed by atoms with Gasteiger partial charge in [-0.05, 0) is 49.8 Å². The van der Waals surface area contributed by atoms with Crippen molar-refractivity contribution in [3.8, 4) is 0 Å². The van der Waals surface area contributed by atoms with Gasteiger partial charge in [0.25, 0.3) is 0 Å². The highest BCUT2D eigenvalue weighted by Crippen LogP contribution is 2.28. The van der Waals surface area contributed by atoms with E-state index < -0.39 is 0 Å². The van der Waals surface area contributed by atoms with Crippen LogP contribution in [0.5, 0.6) is 0 Å². The molecule has 4 rings (SSSR count). The van der Waals surface area contributed by atoms with Crippen LogP contribution in [0, 0.1) is 0 Å². The van der Waals surface area contributed by atoms with Crippen molar-refractivity contribution in [2.45, 2.75) is 44.1 Å². The number of benzene rings is 1. The van der Waals surface area contributed by atoms with E-state index >= 15 is 0 Å². The molecule has 0 radical (unpaired) electrons. The minimum absolute atomic E-state index is 0.188. The molecule has 0 spiro atoms. The van der Waals surface area contributed by atoms with Crippen LogP contribution < -0.4 is 5.32 Å². The molecule has 0 unspecified atom stereocenters. The van der Waals surface area contributed by atoms with Crippen molar-refractivity contribution >= 4 is 5.91 Å². The van der Waals surface area contributed by atoms with E-state index in [1.165, 1.54) is 18.4 Å². The third kappa shape index (κ3) is 3.98. The summed E-state index contributed by atoms with van der Waals surface area (Å²) in [7, 11) is 0. The maximum absolute atomic E-state index is 12.6.